The number of nitrogens with zero attached hydrogens (tertiary/aromatic N) is 2. The number of ketones is 3. The molecule has 16 heteroatoms. The summed E-state index contributed by atoms with van der Waals surface area (Å²) in [6.07, 6.45) is 16.9. The number of ether oxygens (including phenoxy) is 2. The molecular formula is C71H77N5O11. The first kappa shape index (κ1) is 52.9. The first-order valence-corrected chi connectivity index (χ1v) is 33.2. The number of carbonyl (C=O) groups is 3. The predicted octanol–water partition coefficient (Wildman–Crippen LogP) is 9.62. The molecule has 8 fully saturated rings. The number of hydrogen-bond donors (Lipinski definition) is 9. The van der Waals surface area contributed by atoms with Crippen LogP contribution in [0.2, 0.25) is 0 Å². The number of benzene rings is 2. The molecule has 3 aromatic heterocycles. The highest BCUT2D eigenvalue weighted by atomic mass is 16.7. The lowest BCUT2D eigenvalue weighted by atomic mass is 9.42. The van der Waals surface area contributed by atoms with Crippen molar-refractivity contribution in [1.82, 2.24) is 19.9 Å². The van der Waals surface area contributed by atoms with Crippen molar-refractivity contribution >= 4 is 39.5 Å². The molecule has 1 saturated heterocycles. The molecule has 11 aliphatic carbocycles. The van der Waals surface area contributed by atoms with Crippen LogP contribution in [0, 0.1) is 46.3 Å². The molecule has 7 saturated carbocycles. The van der Waals surface area contributed by atoms with Gasteiger partial charge in [-0.25, -0.2) is 9.97 Å². The van der Waals surface area contributed by atoms with Crippen LogP contribution in [0.3, 0.4) is 0 Å². The van der Waals surface area contributed by atoms with Gasteiger partial charge in [0.1, 0.15) is 35.3 Å². The molecule has 7 spiro atoms. The molecule has 5 aromatic rings. The number of phenols is 1. The summed E-state index contributed by atoms with van der Waals surface area (Å²) in [5.74, 6) is -4.10. The second kappa shape index (κ2) is 17.1. The Morgan fingerprint density at radius 1 is 0.747 bits per heavy atom. The molecule has 20 rings (SSSR count). The number of H-pyrrole nitrogens is 2. The summed E-state index contributed by atoms with van der Waals surface area (Å²) in [5, 5.41) is 85.7. The van der Waals surface area contributed by atoms with Gasteiger partial charge in [-0.2, -0.15) is 0 Å². The number of aliphatic hydroxyl groups is 5. The third kappa shape index (κ3) is 6.08. The van der Waals surface area contributed by atoms with Crippen molar-refractivity contribution in [3.05, 3.63) is 116 Å². The lowest BCUT2D eigenvalue weighted by molar-refractivity contribution is -0.369. The van der Waals surface area contributed by atoms with Gasteiger partial charge in [0.15, 0.2) is 17.5 Å². The number of phenolic OH excluding ortho intramolecular Hbond substituents is 1. The molecule has 7 heterocycles. The van der Waals surface area contributed by atoms with Gasteiger partial charge in [0.25, 0.3) is 5.79 Å². The van der Waals surface area contributed by atoms with Crippen molar-refractivity contribution in [3.63, 3.8) is 0 Å². The smallest absolute Gasteiger partial charge is 0.261 e. The van der Waals surface area contributed by atoms with Gasteiger partial charge in [-0.05, 0) is 202 Å². The Labute approximate surface area is 504 Å². The minimum atomic E-state index is -2.48. The summed E-state index contributed by atoms with van der Waals surface area (Å²) in [6.45, 7) is 1.77. The monoisotopic (exact) mass is 1180 g/mol. The van der Waals surface area contributed by atoms with E-state index >= 15 is 9.59 Å². The van der Waals surface area contributed by atoms with Crippen LogP contribution in [-0.4, -0.2) is 116 Å². The van der Waals surface area contributed by atoms with E-state index in [0.29, 0.717) is 64.8 Å². The van der Waals surface area contributed by atoms with Crippen LogP contribution in [0.15, 0.2) is 60.1 Å². The normalized spacial score (nSPS) is 39.9. The molecular weight excluding hydrogens is 1100 g/mol. The summed E-state index contributed by atoms with van der Waals surface area (Å²) in [5.41, 5.74) is 2.02. The third-order valence-electron chi connectivity index (χ3n) is 27.4. The fourth-order valence-electron chi connectivity index (χ4n) is 24.3. The summed E-state index contributed by atoms with van der Waals surface area (Å²) >= 11 is 0. The number of aromatic amines is 2. The highest BCUT2D eigenvalue weighted by molar-refractivity contribution is 6.34. The maximum Gasteiger partial charge on any atom is 0.261 e. The minimum Gasteiger partial charge on any atom is -0.507 e. The average Bonchev–Trinajstić information content (AvgIpc) is 1.58. The van der Waals surface area contributed by atoms with E-state index in [1.165, 1.54) is 6.07 Å². The molecule has 14 atom stereocenters. The summed E-state index contributed by atoms with van der Waals surface area (Å²) in [7, 11) is 0. The Kier molecular flexibility index (Phi) is 10.4. The van der Waals surface area contributed by atoms with E-state index in [4.69, 9.17) is 19.4 Å². The summed E-state index contributed by atoms with van der Waals surface area (Å²) < 4.78 is 15.3. The van der Waals surface area contributed by atoms with Gasteiger partial charge in [-0.1, -0.05) is 38.5 Å². The molecule has 16 nitrogen and oxygen atoms in total. The van der Waals surface area contributed by atoms with Crippen molar-refractivity contribution < 1.29 is 54.5 Å². The number of hydrogen-bond acceptors (Lipinski definition) is 14. The zero-order chi connectivity index (χ0) is 58.9. The van der Waals surface area contributed by atoms with Gasteiger partial charge in [-0.3, -0.25) is 14.4 Å². The van der Waals surface area contributed by atoms with Gasteiger partial charge < -0.3 is 55.4 Å². The Morgan fingerprint density at radius 2 is 1.54 bits per heavy atom. The van der Waals surface area contributed by atoms with Gasteiger partial charge in [0, 0.05) is 75.3 Å². The summed E-state index contributed by atoms with van der Waals surface area (Å²) in [6, 6.07) is 8.76. The molecule has 14 unspecified atom stereocenters. The van der Waals surface area contributed by atoms with Crippen molar-refractivity contribution in [3.8, 4) is 11.5 Å². The molecule has 15 aliphatic rings. The Balaban J connectivity index is 0.942. The zero-order valence-corrected chi connectivity index (χ0v) is 49.4. The van der Waals surface area contributed by atoms with E-state index in [0.717, 1.165) is 156 Å². The van der Waals surface area contributed by atoms with E-state index in [1.807, 2.05) is 6.33 Å². The fourth-order valence-corrected chi connectivity index (χ4v) is 24.3. The van der Waals surface area contributed by atoms with Gasteiger partial charge >= 0.3 is 0 Å². The van der Waals surface area contributed by atoms with Crippen molar-refractivity contribution in [2.45, 2.75) is 213 Å². The number of fused-ring (bicyclic) bond motifs is 13. The van der Waals surface area contributed by atoms with Crippen molar-refractivity contribution in [1.29, 1.82) is 0 Å². The number of rotatable bonds is 1. The predicted molar refractivity (Wildman–Crippen MR) is 318 cm³/mol. The molecule has 87 heavy (non-hydrogen) atoms. The van der Waals surface area contributed by atoms with E-state index < -0.39 is 69.7 Å². The van der Waals surface area contributed by atoms with Gasteiger partial charge in [0.2, 0.25) is 5.78 Å². The van der Waals surface area contributed by atoms with Gasteiger partial charge in [0.05, 0.1) is 46.5 Å². The lowest BCUT2D eigenvalue weighted by Crippen LogP contribution is -2.80. The van der Waals surface area contributed by atoms with E-state index in [1.54, 1.807) is 37.4 Å². The number of imidazole rings is 1. The molecule has 4 aliphatic heterocycles. The second-order valence-corrected chi connectivity index (χ2v) is 30.6. The van der Waals surface area contributed by atoms with E-state index in [9.17, 15) is 35.4 Å². The maximum absolute atomic E-state index is 15.6. The molecule has 8 bridgehead atoms. The maximum atomic E-state index is 15.6. The number of anilines is 1. The Hall–Kier alpha value is -6.01. The molecule has 9 N–H and O–H groups in total. The number of carbonyl (C=O) groups excluding carboxylic acids is 3. The number of Topliss-reactive ketones (excluding diaryl/α,β-unsaturated/α-hetero) is 1. The number of aliphatic hydroxyl groups excluding tert-OH is 5. The standard InChI is InChI=1S/C71H77N5O11/c1-34-24-40-49(44(78)25-34)56(81)51-45-26-38-37(50(51)55(40)80)13-23-72-62(38)73-31-48(79)70-43-30-65(16-6-7-17-65)46(70)10-9-42-53(70)52-41(29-69(86-45)60(83)57(82)61(84)71(52,87-69)63(85)67(42)22-21-64(32-67)14-4-5-15-64)54-39(43)27-47(76-54)68-18-3-2-8-35(68)28-66(19-11-36(77)12-20-66)58-59(68)75-33-74-58/h13,23-27,29,33,35,42-43,46,48,57,60-61,63,76,78-79,82-85H,2-12,14-22,28,30-32H2,1H3,(H,72,73)(H,74,75). The van der Waals surface area contributed by atoms with Crippen LogP contribution in [-0.2, 0) is 20.4 Å². The Bertz CT molecular complexity index is 4020. The number of aromatic hydroxyl groups is 1. The number of pyridine rings is 1. The third-order valence-corrected chi connectivity index (χ3v) is 27.4. The first-order valence-electron chi connectivity index (χ1n) is 33.2. The first-order chi connectivity index (χ1) is 42.0. The van der Waals surface area contributed by atoms with E-state index in [-0.39, 0.29) is 80.2 Å². The molecule has 0 amide bonds. The average molecular weight is 1180 g/mol. The number of aromatic nitrogens is 4. The van der Waals surface area contributed by atoms with Crippen molar-refractivity contribution in [2.24, 2.45) is 39.4 Å². The van der Waals surface area contributed by atoms with Crippen LogP contribution >= 0.6 is 0 Å². The zero-order valence-electron chi connectivity index (χ0n) is 49.4. The van der Waals surface area contributed by atoms with E-state index in [2.05, 4.69) is 21.4 Å². The highest BCUT2D eigenvalue weighted by Crippen LogP contribution is 2.82. The quantitative estimate of drug-likeness (QED) is 0.0743. The fraction of sp³-hybridized carbons (Fsp3) is 0.592. The highest BCUT2D eigenvalue weighted by Gasteiger charge is 2.81. The summed E-state index contributed by atoms with van der Waals surface area (Å²) in [4.78, 5) is 62.2. The van der Waals surface area contributed by atoms with Crippen LogP contribution in [0.4, 0.5) is 5.82 Å². The molecule has 2 aromatic carbocycles. The topological polar surface area (TPSA) is 260 Å². The van der Waals surface area contributed by atoms with Crippen LogP contribution < -0.4 is 10.1 Å². The molecule has 452 valence electrons. The SMILES string of the molecule is Cc1cc(O)c2c(c1)C(=O)c1c(c3cc4c(nccc14)NCC(O)C14C5=C6C7=CC8(O3)OC6(C(O)C(O)C8O)C(O)C3(CCC6(CCCC6)C3)C5CCC1C1(CCCC1)CC4c1cc(C34CCCCC3CC3(CCC(=O)CC3)c3nc[nH]c34)[nH]c17)C2=O. The number of aryl methyl sites for hydroxylation is 1. The lowest BCUT2D eigenvalue weighted by Gasteiger charge is -2.68. The number of nitrogens with one attached hydrogen (secondary N) is 3. The largest absolute Gasteiger partial charge is 0.507 e. The van der Waals surface area contributed by atoms with Gasteiger partial charge in [-0.15, -0.1) is 0 Å². The van der Waals surface area contributed by atoms with Crippen LogP contribution in [0.1, 0.15) is 219 Å². The van der Waals surface area contributed by atoms with Crippen molar-refractivity contribution in [2.75, 3.05) is 11.9 Å². The van der Waals surface area contributed by atoms with Crippen LogP contribution in [0.25, 0.3) is 16.3 Å². The second-order valence-electron chi connectivity index (χ2n) is 30.6. The molecule has 0 radical (unpaired) electrons. The van der Waals surface area contributed by atoms with Crippen LogP contribution in [0.5, 0.6) is 11.5 Å². The minimum absolute atomic E-state index is 0.00516. The Morgan fingerprint density at radius 3 is 2.36 bits per heavy atom.